The van der Waals surface area contributed by atoms with Crippen LogP contribution in [0, 0.1) is 0 Å². The van der Waals surface area contributed by atoms with Gasteiger partial charge in [0, 0.05) is 36.5 Å². The number of carbonyl (C=O) groups excluding carboxylic acids is 1. The standard InChI is InChI=1S/C24H32N4O2S/c29-21(25-17-24(10-4-1-5-11-24)28-12-14-30-15-13-28)16-31-23-19-6-2-3-7-20(19)26-22(27-23)18-8-9-18/h2-3,6-7,18H,1,4-5,8-17H2,(H,25,29). The predicted octanol–water partition coefficient (Wildman–Crippen LogP) is 3.75. The van der Waals surface area contributed by atoms with E-state index in [0.29, 0.717) is 11.7 Å². The van der Waals surface area contributed by atoms with Crippen LogP contribution < -0.4 is 5.32 Å². The molecule has 0 spiro atoms. The molecule has 1 aromatic carbocycles. The van der Waals surface area contributed by atoms with Gasteiger partial charge in [0.25, 0.3) is 0 Å². The highest BCUT2D eigenvalue weighted by Gasteiger charge is 2.38. The summed E-state index contributed by atoms with van der Waals surface area (Å²) >= 11 is 1.54. The Morgan fingerprint density at radius 2 is 1.90 bits per heavy atom. The molecule has 7 heteroatoms. The van der Waals surface area contributed by atoms with Gasteiger partial charge in [-0.15, -0.1) is 0 Å². The first-order chi connectivity index (χ1) is 15.2. The van der Waals surface area contributed by atoms with Crippen LogP contribution >= 0.6 is 11.8 Å². The van der Waals surface area contributed by atoms with Crippen LogP contribution in [0.15, 0.2) is 29.3 Å². The second kappa shape index (κ2) is 9.43. The van der Waals surface area contributed by atoms with Gasteiger partial charge in [-0.2, -0.15) is 0 Å². The van der Waals surface area contributed by atoms with Gasteiger partial charge in [-0.05, 0) is 31.7 Å². The lowest BCUT2D eigenvalue weighted by molar-refractivity contribution is -0.119. The molecule has 1 saturated heterocycles. The van der Waals surface area contributed by atoms with Crippen LogP contribution in [0.25, 0.3) is 10.9 Å². The highest BCUT2D eigenvalue weighted by atomic mass is 32.2. The van der Waals surface area contributed by atoms with E-state index in [4.69, 9.17) is 14.7 Å². The van der Waals surface area contributed by atoms with Gasteiger partial charge in [-0.1, -0.05) is 49.2 Å². The van der Waals surface area contributed by atoms with Crippen molar-refractivity contribution in [2.24, 2.45) is 0 Å². The molecule has 1 aliphatic heterocycles. The smallest absolute Gasteiger partial charge is 0.230 e. The predicted molar refractivity (Wildman–Crippen MR) is 123 cm³/mol. The molecule has 0 atom stereocenters. The molecule has 2 aromatic rings. The monoisotopic (exact) mass is 440 g/mol. The number of hydrogen-bond donors (Lipinski definition) is 1. The van der Waals surface area contributed by atoms with E-state index in [1.165, 1.54) is 44.9 Å². The Bertz CT molecular complexity index is 921. The van der Waals surface area contributed by atoms with E-state index in [0.717, 1.165) is 54.6 Å². The number of hydrogen-bond acceptors (Lipinski definition) is 6. The first-order valence-electron chi connectivity index (χ1n) is 11.7. The fourth-order valence-electron chi connectivity index (χ4n) is 5.00. The number of ether oxygens (including phenoxy) is 1. The zero-order valence-corrected chi connectivity index (χ0v) is 19.0. The molecule has 3 aliphatic rings. The van der Waals surface area contributed by atoms with Crippen molar-refractivity contribution < 1.29 is 9.53 Å². The number of nitrogens with one attached hydrogen (secondary N) is 1. The van der Waals surface area contributed by atoms with Crippen molar-refractivity contribution in [1.82, 2.24) is 20.2 Å². The average molecular weight is 441 g/mol. The molecular formula is C24H32N4O2S. The molecule has 166 valence electrons. The Labute approximate surface area is 188 Å². The number of nitrogens with zero attached hydrogens (tertiary/aromatic N) is 3. The maximum absolute atomic E-state index is 12.8. The number of fused-ring (bicyclic) bond motifs is 1. The number of amides is 1. The molecule has 1 aromatic heterocycles. The summed E-state index contributed by atoms with van der Waals surface area (Å²) in [6.07, 6.45) is 8.49. The molecular weight excluding hydrogens is 408 g/mol. The summed E-state index contributed by atoms with van der Waals surface area (Å²) in [5, 5.41) is 5.25. The maximum atomic E-state index is 12.8. The molecule has 2 aliphatic carbocycles. The van der Waals surface area contributed by atoms with Crippen molar-refractivity contribution in [3.8, 4) is 0 Å². The van der Waals surface area contributed by atoms with Crippen LogP contribution in [0.5, 0.6) is 0 Å². The van der Waals surface area contributed by atoms with Crippen molar-refractivity contribution in [3.05, 3.63) is 30.1 Å². The molecule has 1 N–H and O–H groups in total. The molecule has 0 radical (unpaired) electrons. The molecule has 0 unspecified atom stereocenters. The SMILES string of the molecule is O=C(CSc1nc(C2CC2)nc2ccccc12)NCC1(N2CCOCC2)CCCCC1. The number of benzene rings is 1. The summed E-state index contributed by atoms with van der Waals surface area (Å²) in [5.41, 5.74) is 1.08. The van der Waals surface area contributed by atoms with Crippen LogP contribution in [-0.2, 0) is 9.53 Å². The third-order valence-corrected chi connectivity index (χ3v) is 7.94. The largest absolute Gasteiger partial charge is 0.379 e. The van der Waals surface area contributed by atoms with Gasteiger partial charge >= 0.3 is 0 Å². The van der Waals surface area contributed by atoms with E-state index < -0.39 is 0 Å². The third-order valence-electron chi connectivity index (χ3n) is 6.95. The van der Waals surface area contributed by atoms with Crippen LogP contribution in [0.4, 0.5) is 0 Å². The second-order valence-corrected chi connectivity index (χ2v) is 10.1. The van der Waals surface area contributed by atoms with Gasteiger partial charge in [0.2, 0.25) is 5.91 Å². The van der Waals surface area contributed by atoms with Gasteiger partial charge in [-0.3, -0.25) is 9.69 Å². The van der Waals surface area contributed by atoms with Crippen LogP contribution in [0.1, 0.15) is 56.7 Å². The topological polar surface area (TPSA) is 67.4 Å². The van der Waals surface area contributed by atoms with E-state index >= 15 is 0 Å². The summed E-state index contributed by atoms with van der Waals surface area (Å²) in [6, 6.07) is 8.13. The van der Waals surface area contributed by atoms with Crippen molar-refractivity contribution in [1.29, 1.82) is 0 Å². The summed E-state index contributed by atoms with van der Waals surface area (Å²) in [5.74, 6) is 1.93. The minimum Gasteiger partial charge on any atom is -0.379 e. The van der Waals surface area contributed by atoms with E-state index in [1.807, 2.05) is 18.2 Å². The van der Waals surface area contributed by atoms with Crippen molar-refractivity contribution in [2.45, 2.75) is 61.4 Å². The van der Waals surface area contributed by atoms with Crippen molar-refractivity contribution in [3.63, 3.8) is 0 Å². The number of thioether (sulfide) groups is 1. The Balaban J connectivity index is 1.23. The molecule has 3 fully saturated rings. The van der Waals surface area contributed by atoms with E-state index in [2.05, 4.69) is 16.3 Å². The Kier molecular flexibility index (Phi) is 6.44. The first kappa shape index (κ1) is 21.2. The maximum Gasteiger partial charge on any atom is 0.230 e. The normalized spacial score (nSPS) is 21.8. The summed E-state index contributed by atoms with van der Waals surface area (Å²) < 4.78 is 5.57. The summed E-state index contributed by atoms with van der Waals surface area (Å²) in [4.78, 5) is 25.0. The van der Waals surface area contributed by atoms with Gasteiger partial charge < -0.3 is 10.1 Å². The number of morpholine rings is 1. The van der Waals surface area contributed by atoms with Gasteiger partial charge in [0.15, 0.2) is 0 Å². The quantitative estimate of drug-likeness (QED) is 0.522. The molecule has 5 rings (SSSR count). The molecule has 6 nitrogen and oxygen atoms in total. The van der Waals surface area contributed by atoms with Crippen LogP contribution in [0.2, 0.25) is 0 Å². The number of para-hydroxylation sites is 1. The first-order valence-corrected chi connectivity index (χ1v) is 12.7. The zero-order chi connectivity index (χ0) is 21.1. The fraction of sp³-hybridized carbons (Fsp3) is 0.625. The average Bonchev–Trinajstić information content (AvgIpc) is 3.68. The summed E-state index contributed by atoms with van der Waals surface area (Å²) in [7, 11) is 0. The number of aromatic nitrogens is 2. The second-order valence-electron chi connectivity index (χ2n) is 9.13. The van der Waals surface area contributed by atoms with Gasteiger partial charge in [0.05, 0.1) is 24.5 Å². The molecule has 1 amide bonds. The Hall–Kier alpha value is -1.70. The van der Waals surface area contributed by atoms with Gasteiger partial charge in [0.1, 0.15) is 10.9 Å². The van der Waals surface area contributed by atoms with Gasteiger partial charge in [-0.25, -0.2) is 9.97 Å². The van der Waals surface area contributed by atoms with Crippen LogP contribution in [0.3, 0.4) is 0 Å². The van der Waals surface area contributed by atoms with E-state index in [9.17, 15) is 4.79 Å². The van der Waals surface area contributed by atoms with Crippen molar-refractivity contribution in [2.75, 3.05) is 38.6 Å². The minimum atomic E-state index is 0.0962. The van der Waals surface area contributed by atoms with E-state index in [-0.39, 0.29) is 11.4 Å². The van der Waals surface area contributed by atoms with Crippen molar-refractivity contribution >= 4 is 28.6 Å². The lowest BCUT2D eigenvalue weighted by atomic mass is 9.79. The minimum absolute atomic E-state index is 0.0962. The molecule has 2 heterocycles. The molecule has 0 bridgehead atoms. The highest BCUT2D eigenvalue weighted by Crippen LogP contribution is 2.40. The Morgan fingerprint density at radius 1 is 1.13 bits per heavy atom. The van der Waals surface area contributed by atoms with E-state index in [1.54, 1.807) is 11.8 Å². The lowest BCUT2D eigenvalue weighted by Gasteiger charge is -2.48. The highest BCUT2D eigenvalue weighted by molar-refractivity contribution is 8.00. The number of carbonyl (C=O) groups is 1. The number of rotatable bonds is 7. The fourth-order valence-corrected chi connectivity index (χ4v) is 5.86. The molecule has 2 saturated carbocycles. The summed E-state index contributed by atoms with van der Waals surface area (Å²) in [6.45, 7) is 4.29. The van der Waals surface area contributed by atoms with Crippen LogP contribution in [-0.4, -0.2) is 64.9 Å². The molecule has 31 heavy (non-hydrogen) atoms. The lowest BCUT2D eigenvalue weighted by Crippen LogP contribution is -2.59. The Morgan fingerprint density at radius 3 is 2.68 bits per heavy atom. The zero-order valence-electron chi connectivity index (χ0n) is 18.1. The third kappa shape index (κ3) is 4.89.